The third-order valence-electron chi connectivity index (χ3n) is 1.79. The van der Waals surface area contributed by atoms with Gasteiger partial charge in [-0.1, -0.05) is 0 Å². The minimum Gasteiger partial charge on any atom is -0.229 e. The van der Waals surface area contributed by atoms with Gasteiger partial charge in [-0.2, -0.15) is 0 Å². The van der Waals surface area contributed by atoms with E-state index in [9.17, 15) is 8.78 Å². The Morgan fingerprint density at radius 3 is 2.47 bits per heavy atom. The van der Waals surface area contributed by atoms with Gasteiger partial charge in [0.15, 0.2) is 15.6 Å². The summed E-state index contributed by atoms with van der Waals surface area (Å²) in [5.41, 5.74) is 0.591. The van der Waals surface area contributed by atoms with E-state index in [1.807, 2.05) is 0 Å². The molecular weight excluding hydrogens is 352 g/mol. The van der Waals surface area contributed by atoms with Crippen LogP contribution in [-0.4, -0.2) is 4.98 Å². The maximum Gasteiger partial charge on any atom is 0.173 e. The van der Waals surface area contributed by atoms with Crippen LogP contribution >= 0.6 is 43.2 Å². The molecule has 1 aromatic carbocycles. The molecule has 2 rings (SSSR count). The summed E-state index contributed by atoms with van der Waals surface area (Å²) in [5.74, 6) is -1.78. The van der Waals surface area contributed by atoms with Crippen molar-refractivity contribution in [2.75, 3.05) is 0 Å². The molecule has 0 aliphatic carbocycles. The lowest BCUT2D eigenvalue weighted by Crippen LogP contribution is -1.90. The molecule has 0 spiro atoms. The van der Waals surface area contributed by atoms with Crippen molar-refractivity contribution < 1.29 is 8.78 Å². The summed E-state index contributed by atoms with van der Waals surface area (Å²) < 4.78 is 27.5. The van der Waals surface area contributed by atoms with Gasteiger partial charge in [0.05, 0.1) is 10.2 Å². The molecule has 1 nitrogen and oxygen atoms in total. The third kappa shape index (κ3) is 2.11. The van der Waals surface area contributed by atoms with E-state index in [1.165, 1.54) is 23.5 Å². The fraction of sp³-hybridized carbons (Fsp3) is 0. The van der Waals surface area contributed by atoms with Gasteiger partial charge in [-0.3, -0.25) is 0 Å². The van der Waals surface area contributed by atoms with E-state index in [0.717, 1.165) is 0 Å². The zero-order valence-electron chi connectivity index (χ0n) is 7.10. The molecule has 0 radical (unpaired) electrons. The molecule has 0 aliphatic heterocycles. The lowest BCUT2D eigenvalue weighted by molar-refractivity contribution is 0.506. The summed E-state index contributed by atoms with van der Waals surface area (Å²) in [6, 6.07) is 2.95. The average Bonchev–Trinajstić information content (AvgIpc) is 2.61. The Morgan fingerprint density at radius 2 is 1.87 bits per heavy atom. The molecule has 2 aromatic rings. The second-order valence-electron chi connectivity index (χ2n) is 2.71. The summed E-state index contributed by atoms with van der Waals surface area (Å²) in [5, 5.41) is 1.66. The predicted molar refractivity (Wildman–Crippen MR) is 62.9 cm³/mol. The Bertz CT molecular complexity index is 513. The molecule has 78 valence electrons. The van der Waals surface area contributed by atoms with Crippen LogP contribution in [0, 0.1) is 11.6 Å². The molecule has 0 unspecified atom stereocenters. The number of hydrogen-bond acceptors (Lipinski definition) is 2. The van der Waals surface area contributed by atoms with Crippen molar-refractivity contribution in [1.82, 2.24) is 4.98 Å². The minimum absolute atomic E-state index is 0.109. The van der Waals surface area contributed by atoms with Crippen LogP contribution in [0.2, 0.25) is 0 Å². The largest absolute Gasteiger partial charge is 0.229 e. The normalized spacial score (nSPS) is 10.7. The standard InChI is InChI=1S/C9H3Br2F2NS/c10-5-2-1-4(7(12)8(5)13)6-3-15-9(11)14-6/h1-3H. The van der Waals surface area contributed by atoms with Crippen LogP contribution in [0.25, 0.3) is 11.3 Å². The SMILES string of the molecule is Fc1c(Br)ccc(-c2csc(Br)n2)c1F. The van der Waals surface area contributed by atoms with Crippen molar-refractivity contribution in [3.8, 4) is 11.3 Å². The summed E-state index contributed by atoms with van der Waals surface area (Å²) in [6.07, 6.45) is 0. The van der Waals surface area contributed by atoms with E-state index >= 15 is 0 Å². The van der Waals surface area contributed by atoms with Crippen LogP contribution in [0.15, 0.2) is 25.9 Å². The third-order valence-corrected chi connectivity index (χ3v) is 3.76. The Labute approximate surface area is 105 Å². The van der Waals surface area contributed by atoms with Gasteiger partial charge in [-0.05, 0) is 44.0 Å². The number of aromatic nitrogens is 1. The Morgan fingerprint density at radius 1 is 1.13 bits per heavy atom. The fourth-order valence-corrected chi connectivity index (χ4v) is 2.42. The summed E-state index contributed by atoms with van der Waals surface area (Å²) in [7, 11) is 0. The lowest BCUT2D eigenvalue weighted by Gasteiger charge is -2.01. The van der Waals surface area contributed by atoms with Gasteiger partial charge < -0.3 is 0 Å². The monoisotopic (exact) mass is 353 g/mol. The smallest absolute Gasteiger partial charge is 0.173 e. The molecule has 0 bridgehead atoms. The first kappa shape index (κ1) is 11.2. The minimum atomic E-state index is -0.892. The molecule has 0 amide bonds. The van der Waals surface area contributed by atoms with E-state index in [2.05, 4.69) is 36.8 Å². The van der Waals surface area contributed by atoms with Crippen molar-refractivity contribution >= 4 is 43.2 Å². The second kappa shape index (κ2) is 4.27. The number of rotatable bonds is 1. The van der Waals surface area contributed by atoms with Crippen LogP contribution in [0.3, 0.4) is 0 Å². The van der Waals surface area contributed by atoms with E-state index in [1.54, 1.807) is 5.38 Å². The maximum absolute atomic E-state index is 13.5. The Hall–Kier alpha value is -0.330. The zero-order valence-corrected chi connectivity index (χ0v) is 11.1. The fourth-order valence-electron chi connectivity index (χ4n) is 1.10. The van der Waals surface area contributed by atoms with Crippen molar-refractivity contribution in [2.24, 2.45) is 0 Å². The van der Waals surface area contributed by atoms with E-state index < -0.39 is 11.6 Å². The van der Waals surface area contributed by atoms with Crippen molar-refractivity contribution in [3.63, 3.8) is 0 Å². The number of thiazole rings is 1. The van der Waals surface area contributed by atoms with E-state index in [4.69, 9.17) is 0 Å². The van der Waals surface area contributed by atoms with Gasteiger partial charge in [0.25, 0.3) is 0 Å². The summed E-state index contributed by atoms with van der Waals surface area (Å²) in [4.78, 5) is 4.03. The Kier molecular flexibility index (Phi) is 3.18. The zero-order chi connectivity index (χ0) is 11.0. The van der Waals surface area contributed by atoms with Gasteiger partial charge in [-0.15, -0.1) is 11.3 Å². The lowest BCUT2D eigenvalue weighted by atomic mass is 10.1. The van der Waals surface area contributed by atoms with Crippen LogP contribution in [0.1, 0.15) is 0 Å². The number of nitrogens with zero attached hydrogens (tertiary/aromatic N) is 1. The van der Waals surface area contributed by atoms with Gasteiger partial charge >= 0.3 is 0 Å². The highest BCUT2D eigenvalue weighted by Gasteiger charge is 2.15. The molecule has 1 heterocycles. The van der Waals surface area contributed by atoms with Crippen LogP contribution in [0.4, 0.5) is 8.78 Å². The van der Waals surface area contributed by atoms with Crippen molar-refractivity contribution in [1.29, 1.82) is 0 Å². The summed E-state index contributed by atoms with van der Waals surface area (Å²) >= 11 is 7.41. The maximum atomic E-state index is 13.5. The highest BCUT2D eigenvalue weighted by molar-refractivity contribution is 9.11. The first-order valence-electron chi connectivity index (χ1n) is 3.84. The first-order valence-corrected chi connectivity index (χ1v) is 6.31. The second-order valence-corrected chi connectivity index (χ2v) is 5.70. The van der Waals surface area contributed by atoms with Gasteiger partial charge in [-0.25, -0.2) is 13.8 Å². The first-order chi connectivity index (χ1) is 7.09. The predicted octanol–water partition coefficient (Wildman–Crippen LogP) is 4.61. The highest BCUT2D eigenvalue weighted by Crippen LogP contribution is 2.30. The molecule has 1 aromatic heterocycles. The molecule has 0 saturated carbocycles. The van der Waals surface area contributed by atoms with Crippen LogP contribution in [0.5, 0.6) is 0 Å². The van der Waals surface area contributed by atoms with Crippen molar-refractivity contribution in [3.05, 3.63) is 37.5 Å². The van der Waals surface area contributed by atoms with E-state index in [-0.39, 0.29) is 10.0 Å². The quantitative estimate of drug-likeness (QED) is 0.681. The van der Waals surface area contributed by atoms with Crippen molar-refractivity contribution in [2.45, 2.75) is 0 Å². The summed E-state index contributed by atoms with van der Waals surface area (Å²) in [6.45, 7) is 0. The molecule has 0 fully saturated rings. The van der Waals surface area contributed by atoms with E-state index in [0.29, 0.717) is 9.61 Å². The average molecular weight is 355 g/mol. The molecule has 0 N–H and O–H groups in total. The molecule has 0 saturated heterocycles. The molecular formula is C9H3Br2F2NS. The van der Waals surface area contributed by atoms with Crippen LogP contribution < -0.4 is 0 Å². The topological polar surface area (TPSA) is 12.9 Å². The molecule has 0 atom stereocenters. The number of halogens is 4. The van der Waals surface area contributed by atoms with Gasteiger partial charge in [0.2, 0.25) is 0 Å². The van der Waals surface area contributed by atoms with Gasteiger partial charge in [0, 0.05) is 10.9 Å². The Balaban J connectivity index is 2.59. The van der Waals surface area contributed by atoms with Crippen LogP contribution in [-0.2, 0) is 0 Å². The molecule has 0 aliphatic rings. The molecule has 6 heteroatoms. The number of hydrogen-bond donors (Lipinski definition) is 0. The highest BCUT2D eigenvalue weighted by atomic mass is 79.9. The van der Waals surface area contributed by atoms with Gasteiger partial charge in [0.1, 0.15) is 0 Å². The molecule has 15 heavy (non-hydrogen) atoms. The number of benzene rings is 1.